The van der Waals surface area contributed by atoms with Crippen molar-refractivity contribution in [2.75, 3.05) is 5.12 Å². The highest BCUT2D eigenvalue weighted by molar-refractivity contribution is 7.14. The van der Waals surface area contributed by atoms with Gasteiger partial charge in [-0.15, -0.1) is 16.5 Å². The van der Waals surface area contributed by atoms with Crippen LogP contribution in [0, 0.1) is 0 Å². The Kier molecular flexibility index (Phi) is 3.35. The zero-order chi connectivity index (χ0) is 10.6. The summed E-state index contributed by atoms with van der Waals surface area (Å²) < 4.78 is 0. The molecule has 0 aliphatic heterocycles. The number of anilines is 1. The quantitative estimate of drug-likeness (QED) is 0.610. The molecule has 0 fully saturated rings. The summed E-state index contributed by atoms with van der Waals surface area (Å²) in [5, 5.41) is 19.6. The molecule has 1 aromatic heterocycles. The first-order valence-electron chi connectivity index (χ1n) is 3.76. The molecule has 1 rings (SSSR count). The average molecular weight is 211 g/mol. The fourth-order valence-corrected chi connectivity index (χ4v) is 1.70. The highest BCUT2D eigenvalue weighted by atomic mass is 32.1. The van der Waals surface area contributed by atoms with Gasteiger partial charge in [0.05, 0.1) is 5.56 Å². The number of hydrogen-bond acceptors (Lipinski definition) is 5. The van der Waals surface area contributed by atoms with E-state index in [0.29, 0.717) is 5.00 Å². The van der Waals surface area contributed by atoms with E-state index in [0.717, 1.165) is 0 Å². The number of carboxylic acid groups (broad SMARTS) is 1. The van der Waals surface area contributed by atoms with E-state index in [-0.39, 0.29) is 5.56 Å². The Bertz CT molecular complexity index is 372. The molecule has 1 heterocycles. The van der Waals surface area contributed by atoms with Crippen LogP contribution >= 0.6 is 11.3 Å². The minimum atomic E-state index is -0.999. The third kappa shape index (κ3) is 1.97. The van der Waals surface area contributed by atoms with E-state index in [4.69, 9.17) is 5.11 Å². The Morgan fingerprint density at radius 2 is 2.50 bits per heavy atom. The van der Waals surface area contributed by atoms with Crippen molar-refractivity contribution in [3.05, 3.63) is 17.0 Å². The number of rotatable bonds is 4. The van der Waals surface area contributed by atoms with Crippen LogP contribution in [0.1, 0.15) is 17.3 Å². The second-order valence-electron chi connectivity index (χ2n) is 2.25. The molecule has 5 nitrogen and oxygen atoms in total. The number of hydrazone groups is 2. The average Bonchev–Trinajstić information content (AvgIpc) is 2.62. The Balaban J connectivity index is 3.09. The van der Waals surface area contributed by atoms with Crippen molar-refractivity contribution in [1.29, 1.82) is 0 Å². The number of carbonyl (C=O) groups is 1. The van der Waals surface area contributed by atoms with Gasteiger partial charge in [0.15, 0.2) is 5.00 Å². The topological polar surface area (TPSA) is 65.3 Å². The lowest BCUT2D eigenvalue weighted by atomic mass is 10.3. The number of aromatic carboxylic acids is 1. The highest BCUT2D eigenvalue weighted by Crippen LogP contribution is 2.27. The van der Waals surface area contributed by atoms with E-state index < -0.39 is 5.97 Å². The molecule has 1 aromatic rings. The summed E-state index contributed by atoms with van der Waals surface area (Å²) in [5.41, 5.74) is 0.174. The summed E-state index contributed by atoms with van der Waals surface area (Å²) in [6.07, 6.45) is 1.51. The van der Waals surface area contributed by atoms with Gasteiger partial charge in [-0.25, -0.2) is 4.79 Å². The zero-order valence-electron chi connectivity index (χ0n) is 7.54. The highest BCUT2D eigenvalue weighted by Gasteiger charge is 2.15. The van der Waals surface area contributed by atoms with Crippen molar-refractivity contribution in [2.24, 2.45) is 10.2 Å². The number of thiophene rings is 1. The molecule has 0 aromatic carbocycles. The van der Waals surface area contributed by atoms with Crippen LogP contribution in [0.4, 0.5) is 5.00 Å². The molecular formula is C8H9N3O2S. The molecule has 0 aliphatic rings. The summed E-state index contributed by atoms with van der Waals surface area (Å²) in [6.45, 7) is 5.03. The molecule has 0 radical (unpaired) electrons. The van der Waals surface area contributed by atoms with Gasteiger partial charge in [-0.3, -0.25) is 0 Å². The van der Waals surface area contributed by atoms with E-state index in [9.17, 15) is 4.79 Å². The van der Waals surface area contributed by atoms with Gasteiger partial charge in [-0.2, -0.15) is 10.2 Å². The summed E-state index contributed by atoms with van der Waals surface area (Å²) in [4.78, 5) is 10.8. The minimum absolute atomic E-state index is 0.174. The maximum atomic E-state index is 10.8. The predicted octanol–water partition coefficient (Wildman–Crippen LogP) is 1.87. The van der Waals surface area contributed by atoms with Gasteiger partial charge in [0, 0.05) is 12.9 Å². The molecule has 0 bridgehead atoms. The zero-order valence-corrected chi connectivity index (χ0v) is 8.36. The number of hydrogen-bond donors (Lipinski definition) is 1. The largest absolute Gasteiger partial charge is 0.478 e. The van der Waals surface area contributed by atoms with Gasteiger partial charge in [-0.05, 0) is 18.4 Å². The molecule has 74 valence electrons. The van der Waals surface area contributed by atoms with E-state index >= 15 is 0 Å². The Morgan fingerprint density at radius 1 is 1.79 bits per heavy atom. The lowest BCUT2D eigenvalue weighted by Crippen LogP contribution is -2.09. The molecule has 0 saturated heterocycles. The molecule has 1 N–H and O–H groups in total. The molecule has 0 amide bonds. The van der Waals surface area contributed by atoms with Crippen molar-refractivity contribution in [3.63, 3.8) is 0 Å². The lowest BCUT2D eigenvalue weighted by Gasteiger charge is -2.09. The van der Waals surface area contributed by atoms with Crippen LogP contribution in [0.25, 0.3) is 0 Å². The van der Waals surface area contributed by atoms with E-state index in [1.54, 1.807) is 12.3 Å². The van der Waals surface area contributed by atoms with Crippen LogP contribution in [-0.2, 0) is 0 Å². The van der Waals surface area contributed by atoms with Gasteiger partial charge in [-0.1, -0.05) is 0 Å². The van der Waals surface area contributed by atoms with Crippen LogP contribution in [0.3, 0.4) is 0 Å². The molecule has 6 heteroatoms. The van der Waals surface area contributed by atoms with E-state index in [2.05, 4.69) is 16.9 Å². The van der Waals surface area contributed by atoms with Crippen LogP contribution < -0.4 is 5.12 Å². The summed E-state index contributed by atoms with van der Waals surface area (Å²) in [6, 6.07) is 1.51. The first-order chi connectivity index (χ1) is 6.70. The monoisotopic (exact) mass is 211 g/mol. The van der Waals surface area contributed by atoms with Crippen LogP contribution in [0.15, 0.2) is 21.6 Å². The summed E-state index contributed by atoms with van der Waals surface area (Å²) in [5.74, 6) is -0.999. The van der Waals surface area contributed by atoms with Crippen molar-refractivity contribution >= 4 is 35.2 Å². The van der Waals surface area contributed by atoms with Crippen LogP contribution in [0.2, 0.25) is 0 Å². The number of carboxylic acids is 1. The van der Waals surface area contributed by atoms with Gasteiger partial charge in [0.25, 0.3) is 0 Å². The second kappa shape index (κ2) is 4.52. The predicted molar refractivity (Wildman–Crippen MR) is 57.5 cm³/mol. The van der Waals surface area contributed by atoms with Crippen LogP contribution in [-0.4, -0.2) is 24.0 Å². The maximum absolute atomic E-state index is 10.8. The van der Waals surface area contributed by atoms with Gasteiger partial charge >= 0.3 is 5.97 Å². The summed E-state index contributed by atoms with van der Waals surface area (Å²) in [7, 11) is 0. The Morgan fingerprint density at radius 3 is 3.00 bits per heavy atom. The fourth-order valence-electron chi connectivity index (χ4n) is 0.881. The molecule has 0 spiro atoms. The first kappa shape index (κ1) is 10.4. The Hall–Kier alpha value is -1.69. The first-order valence-corrected chi connectivity index (χ1v) is 4.64. The summed E-state index contributed by atoms with van der Waals surface area (Å²) >= 11 is 1.25. The van der Waals surface area contributed by atoms with Crippen LogP contribution in [0.5, 0.6) is 0 Å². The molecule has 0 saturated carbocycles. The molecule has 0 atom stereocenters. The number of nitrogens with zero attached hydrogens (tertiary/aromatic N) is 3. The van der Waals surface area contributed by atoms with Crippen molar-refractivity contribution < 1.29 is 9.90 Å². The normalized spacial score (nSPS) is 10.4. The molecule has 0 unspecified atom stereocenters. The third-order valence-corrected chi connectivity index (χ3v) is 2.29. The van der Waals surface area contributed by atoms with Gasteiger partial charge in [0.2, 0.25) is 0 Å². The smallest absolute Gasteiger partial charge is 0.338 e. The Labute approximate surface area is 85.0 Å². The van der Waals surface area contributed by atoms with Crippen molar-refractivity contribution in [1.82, 2.24) is 0 Å². The van der Waals surface area contributed by atoms with Crippen molar-refractivity contribution in [3.8, 4) is 0 Å². The fraction of sp³-hybridized carbons (Fsp3) is 0.125. The van der Waals surface area contributed by atoms with Crippen molar-refractivity contribution in [2.45, 2.75) is 6.92 Å². The molecular weight excluding hydrogens is 202 g/mol. The van der Waals surface area contributed by atoms with Gasteiger partial charge < -0.3 is 5.11 Å². The SMILES string of the molecule is C=NN(/N=C\C)c1sccc1C(=O)O. The lowest BCUT2D eigenvalue weighted by molar-refractivity contribution is 0.0698. The van der Waals surface area contributed by atoms with Gasteiger partial charge in [0.1, 0.15) is 0 Å². The molecule has 14 heavy (non-hydrogen) atoms. The standard InChI is InChI=1S/C8H9N3O2S/c1-3-10-11(9-2)7-6(8(12)13)4-5-14-7/h3-5H,2H2,1H3,(H,12,13)/b10-3-. The third-order valence-electron chi connectivity index (χ3n) is 1.42. The molecule has 0 aliphatic carbocycles. The van der Waals surface area contributed by atoms with E-state index in [1.807, 2.05) is 0 Å². The maximum Gasteiger partial charge on any atom is 0.338 e. The second-order valence-corrected chi connectivity index (χ2v) is 3.14. The minimum Gasteiger partial charge on any atom is -0.478 e. The van der Waals surface area contributed by atoms with E-state index in [1.165, 1.54) is 28.7 Å².